The van der Waals surface area contributed by atoms with Crippen molar-refractivity contribution in [2.24, 2.45) is 0 Å². The third-order valence-corrected chi connectivity index (χ3v) is 7.12. The number of fused-ring (bicyclic) bond motifs is 1. The van der Waals surface area contributed by atoms with Crippen LogP contribution in [0.15, 0.2) is 36.5 Å². The first-order chi connectivity index (χ1) is 15.7. The molecule has 1 aromatic carbocycles. The topological polar surface area (TPSA) is 60.5 Å². The molecule has 2 aliphatic heterocycles. The Morgan fingerprint density at radius 2 is 1.81 bits per heavy atom. The highest BCUT2D eigenvalue weighted by atomic mass is 16.1. The lowest BCUT2D eigenvalue weighted by atomic mass is 9.85. The van der Waals surface area contributed by atoms with E-state index in [1.165, 1.54) is 37.8 Å². The first kappa shape index (κ1) is 21.0. The molecule has 1 aromatic heterocycles. The van der Waals surface area contributed by atoms with Gasteiger partial charge in [0.25, 0.3) is 0 Å². The lowest BCUT2D eigenvalue weighted by Crippen LogP contribution is -2.44. The van der Waals surface area contributed by atoms with Crippen LogP contribution in [-0.4, -0.2) is 49.4 Å². The first-order valence-corrected chi connectivity index (χ1v) is 11.9. The molecule has 1 aliphatic carbocycles. The summed E-state index contributed by atoms with van der Waals surface area (Å²) in [5.41, 5.74) is 5.43. The van der Waals surface area contributed by atoms with Crippen LogP contribution in [0.5, 0.6) is 0 Å². The molecule has 2 aromatic rings. The van der Waals surface area contributed by atoms with Crippen molar-refractivity contribution in [1.29, 1.82) is 0 Å². The van der Waals surface area contributed by atoms with E-state index in [1.807, 2.05) is 6.20 Å². The van der Waals surface area contributed by atoms with Gasteiger partial charge in [0, 0.05) is 54.7 Å². The van der Waals surface area contributed by atoms with E-state index in [2.05, 4.69) is 63.9 Å². The summed E-state index contributed by atoms with van der Waals surface area (Å²) >= 11 is 0. The molecule has 3 heterocycles. The Morgan fingerprint density at radius 1 is 1.06 bits per heavy atom. The number of rotatable bonds is 5. The number of pyridine rings is 1. The largest absolute Gasteiger partial charge is 0.378 e. The summed E-state index contributed by atoms with van der Waals surface area (Å²) in [6.45, 7) is 4.30. The van der Waals surface area contributed by atoms with Crippen LogP contribution in [0.2, 0.25) is 0 Å². The zero-order valence-corrected chi connectivity index (χ0v) is 18.9. The minimum Gasteiger partial charge on any atom is -0.378 e. The number of carbonyl (C=O) groups is 1. The molecule has 5 rings (SSSR count). The fourth-order valence-electron chi connectivity index (χ4n) is 5.15. The number of anilines is 3. The number of aromatic nitrogens is 1. The highest BCUT2D eigenvalue weighted by Gasteiger charge is 2.25. The van der Waals surface area contributed by atoms with Crippen LogP contribution in [0, 0.1) is 0 Å². The number of benzene rings is 1. The lowest BCUT2D eigenvalue weighted by Gasteiger charge is -2.34. The summed E-state index contributed by atoms with van der Waals surface area (Å²) in [7, 11) is 2.18. The van der Waals surface area contributed by atoms with Gasteiger partial charge in [-0.25, -0.2) is 4.98 Å². The number of hydrogen-bond acceptors (Lipinski definition) is 6. The monoisotopic (exact) mass is 431 g/mol. The smallest absolute Gasteiger partial charge is 0.146 e. The molecule has 2 fully saturated rings. The minimum absolute atomic E-state index is 0.380. The standard InChI is InChI=1S/C26H33N5O/c1-30-13-15-31(16-14-30)22-9-7-21(8-10-22)28-26-25-20(11-12-27-24(25)18-32)17-23(29-26)19-5-3-2-4-6-19/h7-12,17-19,24,27H,2-6,13-16H2,1H3,(H,28,29). The molecule has 2 N–H and O–H groups in total. The summed E-state index contributed by atoms with van der Waals surface area (Å²) < 4.78 is 0. The normalized spacial score (nSPS) is 21.7. The molecular weight excluding hydrogens is 398 g/mol. The van der Waals surface area contributed by atoms with Crippen molar-refractivity contribution < 1.29 is 4.79 Å². The fourth-order valence-corrected chi connectivity index (χ4v) is 5.15. The zero-order chi connectivity index (χ0) is 21.9. The van der Waals surface area contributed by atoms with Gasteiger partial charge < -0.3 is 25.2 Å². The van der Waals surface area contributed by atoms with Gasteiger partial charge in [-0.3, -0.25) is 0 Å². The van der Waals surface area contributed by atoms with Gasteiger partial charge in [0.2, 0.25) is 0 Å². The SMILES string of the molecule is CN1CCN(c2ccc(Nc3nc(C4CCCCC4)cc4c3C(C=O)NC=C4)cc2)CC1. The van der Waals surface area contributed by atoms with Gasteiger partial charge in [-0.1, -0.05) is 19.3 Å². The van der Waals surface area contributed by atoms with E-state index in [9.17, 15) is 4.79 Å². The van der Waals surface area contributed by atoms with Gasteiger partial charge in [-0.15, -0.1) is 0 Å². The molecule has 0 bridgehead atoms. The molecule has 168 valence electrons. The highest BCUT2D eigenvalue weighted by molar-refractivity contribution is 5.77. The summed E-state index contributed by atoms with van der Waals surface area (Å²) in [4.78, 5) is 21.7. The molecule has 6 nitrogen and oxygen atoms in total. The van der Waals surface area contributed by atoms with Crippen LogP contribution in [0.1, 0.15) is 60.9 Å². The molecular formula is C26H33N5O. The van der Waals surface area contributed by atoms with Gasteiger partial charge in [0.15, 0.2) is 0 Å². The van der Waals surface area contributed by atoms with Gasteiger partial charge in [-0.05, 0) is 68.1 Å². The molecule has 1 atom stereocenters. The Hall–Kier alpha value is -2.86. The number of likely N-dealkylation sites (N-methyl/N-ethyl adjacent to an activating group) is 1. The third-order valence-electron chi connectivity index (χ3n) is 7.12. The Kier molecular flexibility index (Phi) is 6.12. The van der Waals surface area contributed by atoms with E-state index >= 15 is 0 Å². The van der Waals surface area contributed by atoms with Crippen LogP contribution in [0.25, 0.3) is 6.08 Å². The Morgan fingerprint density at radius 3 is 2.53 bits per heavy atom. The molecule has 6 heteroatoms. The lowest BCUT2D eigenvalue weighted by molar-refractivity contribution is -0.109. The van der Waals surface area contributed by atoms with Crippen LogP contribution in [0.3, 0.4) is 0 Å². The molecule has 0 amide bonds. The van der Waals surface area contributed by atoms with Gasteiger partial charge >= 0.3 is 0 Å². The maximum absolute atomic E-state index is 11.8. The molecule has 1 saturated heterocycles. The highest BCUT2D eigenvalue weighted by Crippen LogP contribution is 2.37. The second-order valence-corrected chi connectivity index (χ2v) is 9.31. The second kappa shape index (κ2) is 9.33. The van der Waals surface area contributed by atoms with Crippen LogP contribution in [0.4, 0.5) is 17.2 Å². The minimum atomic E-state index is -0.380. The van der Waals surface area contributed by atoms with Gasteiger partial charge in [0.05, 0.1) is 0 Å². The van der Waals surface area contributed by atoms with Crippen molar-refractivity contribution in [2.45, 2.75) is 44.1 Å². The van der Waals surface area contributed by atoms with Crippen LogP contribution < -0.4 is 15.5 Å². The number of nitrogens with one attached hydrogen (secondary N) is 2. The first-order valence-electron chi connectivity index (χ1n) is 11.9. The maximum atomic E-state index is 11.8. The van der Waals surface area contributed by atoms with E-state index in [-0.39, 0.29) is 6.04 Å². The van der Waals surface area contributed by atoms with Crippen molar-refractivity contribution >= 4 is 29.6 Å². The van der Waals surface area contributed by atoms with Crippen molar-refractivity contribution in [2.75, 3.05) is 43.4 Å². The number of aldehydes is 1. The number of hydrogen-bond donors (Lipinski definition) is 2. The van der Waals surface area contributed by atoms with E-state index < -0.39 is 0 Å². The Bertz CT molecular complexity index is 972. The van der Waals surface area contributed by atoms with Crippen molar-refractivity contribution in [1.82, 2.24) is 15.2 Å². The number of nitrogens with zero attached hydrogens (tertiary/aromatic N) is 3. The summed E-state index contributed by atoms with van der Waals surface area (Å²) in [6, 6.07) is 10.4. The Balaban J connectivity index is 1.43. The molecule has 1 unspecified atom stereocenters. The van der Waals surface area contributed by atoms with Crippen LogP contribution >= 0.6 is 0 Å². The van der Waals surface area contributed by atoms with Gasteiger partial charge in [0.1, 0.15) is 18.1 Å². The maximum Gasteiger partial charge on any atom is 0.146 e. The Labute approximate surface area is 190 Å². The van der Waals surface area contributed by atoms with E-state index in [0.29, 0.717) is 5.92 Å². The molecule has 32 heavy (non-hydrogen) atoms. The number of carbonyl (C=O) groups excluding carboxylic acids is 1. The number of piperazine rings is 1. The summed E-state index contributed by atoms with van der Waals surface area (Å²) in [6.07, 6.45) is 11.2. The van der Waals surface area contributed by atoms with E-state index in [1.54, 1.807) is 0 Å². The average molecular weight is 432 g/mol. The quantitative estimate of drug-likeness (QED) is 0.683. The summed E-state index contributed by atoms with van der Waals surface area (Å²) in [5.74, 6) is 1.30. The van der Waals surface area contributed by atoms with Crippen molar-refractivity contribution in [3.8, 4) is 0 Å². The third kappa shape index (κ3) is 4.37. The van der Waals surface area contributed by atoms with E-state index in [4.69, 9.17) is 4.98 Å². The molecule has 0 spiro atoms. The van der Waals surface area contributed by atoms with Gasteiger partial charge in [-0.2, -0.15) is 0 Å². The molecule has 1 saturated carbocycles. The van der Waals surface area contributed by atoms with Crippen molar-refractivity contribution in [3.05, 3.63) is 53.4 Å². The second-order valence-electron chi connectivity index (χ2n) is 9.31. The average Bonchev–Trinajstić information content (AvgIpc) is 2.85. The van der Waals surface area contributed by atoms with Crippen LogP contribution in [-0.2, 0) is 4.79 Å². The predicted octanol–water partition coefficient (Wildman–Crippen LogP) is 4.44. The fraction of sp³-hybridized carbons (Fsp3) is 0.462. The predicted molar refractivity (Wildman–Crippen MR) is 130 cm³/mol. The zero-order valence-electron chi connectivity index (χ0n) is 18.9. The summed E-state index contributed by atoms with van der Waals surface area (Å²) in [5, 5.41) is 6.71. The van der Waals surface area contributed by atoms with Crippen molar-refractivity contribution in [3.63, 3.8) is 0 Å². The van der Waals surface area contributed by atoms with E-state index in [0.717, 1.165) is 60.8 Å². The molecule has 3 aliphatic rings. The molecule has 0 radical (unpaired) electrons.